The van der Waals surface area contributed by atoms with Crippen LogP contribution in [0.5, 0.6) is 0 Å². The highest BCUT2D eigenvalue weighted by Crippen LogP contribution is 1.99. The second-order valence-corrected chi connectivity index (χ2v) is 3.26. The van der Waals surface area contributed by atoms with Crippen LogP contribution >= 0.6 is 0 Å². The van der Waals surface area contributed by atoms with Gasteiger partial charge >= 0.3 is 0 Å². The zero-order valence-electron chi connectivity index (χ0n) is 9.16. The molecule has 0 aliphatic rings. The van der Waals surface area contributed by atoms with Crippen molar-refractivity contribution in [2.75, 3.05) is 13.6 Å². The molecule has 0 aliphatic heterocycles. The SMILES string of the molecule is CNC(=O)CCNCc1ccnc(C#N)c1. The van der Waals surface area contributed by atoms with E-state index in [1.807, 2.05) is 12.1 Å². The van der Waals surface area contributed by atoms with E-state index in [9.17, 15) is 4.79 Å². The molecule has 0 atom stereocenters. The van der Waals surface area contributed by atoms with Crippen LogP contribution in [0.25, 0.3) is 0 Å². The van der Waals surface area contributed by atoms with Crippen LogP contribution in [0.15, 0.2) is 18.3 Å². The predicted molar refractivity (Wildman–Crippen MR) is 59.3 cm³/mol. The second-order valence-electron chi connectivity index (χ2n) is 3.26. The van der Waals surface area contributed by atoms with Crippen LogP contribution in [0.2, 0.25) is 0 Å². The maximum absolute atomic E-state index is 10.9. The highest BCUT2D eigenvalue weighted by molar-refractivity contribution is 5.75. The first kappa shape index (κ1) is 12.1. The Balaban J connectivity index is 2.32. The average molecular weight is 218 g/mol. The van der Waals surface area contributed by atoms with Crippen molar-refractivity contribution in [3.63, 3.8) is 0 Å². The minimum Gasteiger partial charge on any atom is -0.359 e. The van der Waals surface area contributed by atoms with E-state index in [1.54, 1.807) is 19.3 Å². The number of nitriles is 1. The van der Waals surface area contributed by atoms with E-state index in [2.05, 4.69) is 15.6 Å². The first-order valence-corrected chi connectivity index (χ1v) is 5.02. The summed E-state index contributed by atoms with van der Waals surface area (Å²) in [5.41, 5.74) is 1.40. The fraction of sp³-hybridized carbons (Fsp3) is 0.364. The number of nitrogens with zero attached hydrogens (tertiary/aromatic N) is 2. The van der Waals surface area contributed by atoms with Crippen LogP contribution in [-0.4, -0.2) is 24.5 Å². The van der Waals surface area contributed by atoms with E-state index in [1.165, 1.54) is 0 Å². The van der Waals surface area contributed by atoms with Gasteiger partial charge in [0.25, 0.3) is 0 Å². The number of nitrogens with one attached hydrogen (secondary N) is 2. The minimum atomic E-state index is 0.0138. The zero-order valence-corrected chi connectivity index (χ0v) is 9.16. The summed E-state index contributed by atoms with van der Waals surface area (Å²) in [6.45, 7) is 1.25. The molecule has 1 aromatic heterocycles. The van der Waals surface area contributed by atoms with Gasteiger partial charge in [0, 0.05) is 32.8 Å². The molecule has 0 radical (unpaired) electrons. The molecule has 0 unspecified atom stereocenters. The molecule has 0 aromatic carbocycles. The predicted octanol–water partition coefficient (Wildman–Crippen LogP) is 0.179. The summed E-state index contributed by atoms with van der Waals surface area (Å²) in [7, 11) is 1.62. The van der Waals surface area contributed by atoms with Gasteiger partial charge in [-0.1, -0.05) is 0 Å². The Morgan fingerprint density at radius 3 is 3.12 bits per heavy atom. The van der Waals surface area contributed by atoms with E-state index < -0.39 is 0 Å². The normalized spacial score (nSPS) is 9.50. The van der Waals surface area contributed by atoms with Gasteiger partial charge in [0.2, 0.25) is 5.91 Å². The summed E-state index contributed by atoms with van der Waals surface area (Å²) in [5, 5.41) is 14.3. The lowest BCUT2D eigenvalue weighted by Gasteiger charge is -2.04. The van der Waals surface area contributed by atoms with Gasteiger partial charge < -0.3 is 10.6 Å². The summed E-state index contributed by atoms with van der Waals surface area (Å²) in [6, 6.07) is 5.55. The molecule has 84 valence electrons. The third kappa shape index (κ3) is 4.07. The zero-order chi connectivity index (χ0) is 11.8. The number of carbonyl (C=O) groups excluding carboxylic acids is 1. The standard InChI is InChI=1S/C11H14N4O/c1-13-11(16)3-4-14-8-9-2-5-15-10(6-9)7-12/h2,5-6,14H,3-4,8H2,1H3,(H,13,16). The molecule has 0 saturated carbocycles. The molecule has 1 aromatic rings. The second kappa shape index (κ2) is 6.53. The fourth-order valence-electron chi connectivity index (χ4n) is 1.21. The summed E-state index contributed by atoms with van der Waals surface area (Å²) < 4.78 is 0. The third-order valence-electron chi connectivity index (χ3n) is 2.08. The molecule has 5 nitrogen and oxygen atoms in total. The van der Waals surface area contributed by atoms with E-state index >= 15 is 0 Å². The van der Waals surface area contributed by atoms with Crippen LogP contribution in [0.1, 0.15) is 17.7 Å². The molecular formula is C11H14N4O. The van der Waals surface area contributed by atoms with Crippen molar-refractivity contribution < 1.29 is 4.79 Å². The highest BCUT2D eigenvalue weighted by Gasteiger charge is 1.98. The number of amides is 1. The topological polar surface area (TPSA) is 77.8 Å². The van der Waals surface area contributed by atoms with Crippen molar-refractivity contribution in [1.82, 2.24) is 15.6 Å². The summed E-state index contributed by atoms with van der Waals surface area (Å²) in [6.07, 6.45) is 2.06. The van der Waals surface area contributed by atoms with Crippen molar-refractivity contribution in [3.8, 4) is 6.07 Å². The van der Waals surface area contributed by atoms with E-state index in [0.717, 1.165) is 5.56 Å². The fourth-order valence-corrected chi connectivity index (χ4v) is 1.21. The lowest BCUT2D eigenvalue weighted by Crippen LogP contribution is -2.24. The van der Waals surface area contributed by atoms with Crippen LogP contribution < -0.4 is 10.6 Å². The Hall–Kier alpha value is -1.93. The molecule has 5 heteroatoms. The molecule has 0 fully saturated rings. The quantitative estimate of drug-likeness (QED) is 0.691. The first-order valence-electron chi connectivity index (χ1n) is 5.02. The number of hydrogen-bond acceptors (Lipinski definition) is 4. The van der Waals surface area contributed by atoms with Crippen molar-refractivity contribution in [1.29, 1.82) is 5.26 Å². The van der Waals surface area contributed by atoms with Crippen LogP contribution in [0, 0.1) is 11.3 Å². The van der Waals surface area contributed by atoms with Crippen LogP contribution in [0.4, 0.5) is 0 Å². The van der Waals surface area contributed by atoms with E-state index in [4.69, 9.17) is 5.26 Å². The van der Waals surface area contributed by atoms with Gasteiger partial charge in [-0.05, 0) is 17.7 Å². The Bertz CT molecular complexity index is 397. The van der Waals surface area contributed by atoms with Gasteiger partial charge in [-0.15, -0.1) is 0 Å². The number of pyridine rings is 1. The van der Waals surface area contributed by atoms with Crippen molar-refractivity contribution in [3.05, 3.63) is 29.6 Å². The molecule has 1 heterocycles. The highest BCUT2D eigenvalue weighted by atomic mass is 16.1. The van der Waals surface area contributed by atoms with Crippen LogP contribution in [-0.2, 0) is 11.3 Å². The van der Waals surface area contributed by atoms with Gasteiger partial charge in [0.05, 0.1) is 0 Å². The number of carbonyl (C=O) groups is 1. The maximum atomic E-state index is 10.9. The molecule has 0 bridgehead atoms. The molecule has 0 aliphatic carbocycles. The van der Waals surface area contributed by atoms with Gasteiger partial charge in [0.15, 0.2) is 0 Å². The van der Waals surface area contributed by atoms with Crippen LogP contribution in [0.3, 0.4) is 0 Å². The Kier molecular flexibility index (Phi) is 4.96. The molecule has 1 amide bonds. The molecule has 16 heavy (non-hydrogen) atoms. The monoisotopic (exact) mass is 218 g/mol. The summed E-state index contributed by atoms with van der Waals surface area (Å²) in [5.74, 6) is 0.0138. The van der Waals surface area contributed by atoms with Gasteiger partial charge in [-0.2, -0.15) is 5.26 Å². The summed E-state index contributed by atoms with van der Waals surface area (Å²) >= 11 is 0. The van der Waals surface area contributed by atoms with Crippen molar-refractivity contribution in [2.45, 2.75) is 13.0 Å². The van der Waals surface area contributed by atoms with Crippen molar-refractivity contribution >= 4 is 5.91 Å². The van der Waals surface area contributed by atoms with Gasteiger partial charge in [-0.25, -0.2) is 4.98 Å². The lowest BCUT2D eigenvalue weighted by atomic mass is 10.2. The Morgan fingerprint density at radius 2 is 2.44 bits per heavy atom. The van der Waals surface area contributed by atoms with Crippen molar-refractivity contribution in [2.24, 2.45) is 0 Å². The third-order valence-corrected chi connectivity index (χ3v) is 2.08. The molecule has 0 saturated heterocycles. The average Bonchev–Trinajstić information content (AvgIpc) is 2.34. The smallest absolute Gasteiger partial charge is 0.221 e. The maximum Gasteiger partial charge on any atom is 0.221 e. The van der Waals surface area contributed by atoms with E-state index in [-0.39, 0.29) is 5.91 Å². The Morgan fingerprint density at radius 1 is 1.62 bits per heavy atom. The molecular weight excluding hydrogens is 204 g/mol. The number of aromatic nitrogens is 1. The Labute approximate surface area is 94.5 Å². The van der Waals surface area contributed by atoms with E-state index in [0.29, 0.717) is 25.2 Å². The first-order chi connectivity index (χ1) is 7.76. The lowest BCUT2D eigenvalue weighted by molar-refractivity contribution is -0.120. The molecule has 1 rings (SSSR count). The van der Waals surface area contributed by atoms with Gasteiger partial charge in [-0.3, -0.25) is 4.79 Å². The minimum absolute atomic E-state index is 0.0138. The number of hydrogen-bond donors (Lipinski definition) is 2. The molecule has 2 N–H and O–H groups in total. The largest absolute Gasteiger partial charge is 0.359 e. The summed E-state index contributed by atoms with van der Waals surface area (Å²) in [4.78, 5) is 14.8. The molecule has 0 spiro atoms. The number of rotatable bonds is 5. The van der Waals surface area contributed by atoms with Gasteiger partial charge in [0.1, 0.15) is 11.8 Å².